The topological polar surface area (TPSA) is 96.5 Å². The number of rotatable bonds is 6. The molecule has 2 aliphatic rings. The maximum absolute atomic E-state index is 12.6. The molecular formula is C26H36N4O4. The molecule has 1 aliphatic carbocycles. The lowest BCUT2D eigenvalue weighted by molar-refractivity contribution is 0.0527. The number of aromatic amines is 1. The second-order valence-electron chi connectivity index (χ2n) is 9.81. The average molecular weight is 469 g/mol. The van der Waals surface area contributed by atoms with Gasteiger partial charge < -0.3 is 24.7 Å². The molecule has 2 N–H and O–H groups in total. The summed E-state index contributed by atoms with van der Waals surface area (Å²) in [5, 5.41) is 3.16. The Labute approximate surface area is 201 Å². The monoisotopic (exact) mass is 468 g/mol. The molecule has 0 unspecified atom stereocenters. The van der Waals surface area contributed by atoms with Gasteiger partial charge in [0.15, 0.2) is 0 Å². The van der Waals surface area contributed by atoms with Crippen LogP contribution in [0, 0.1) is 23.7 Å². The van der Waals surface area contributed by atoms with Crippen LogP contribution in [0.2, 0.25) is 0 Å². The van der Waals surface area contributed by atoms with Crippen LogP contribution in [0.15, 0.2) is 29.8 Å². The van der Waals surface area contributed by atoms with E-state index in [9.17, 15) is 9.59 Å². The third-order valence-corrected chi connectivity index (χ3v) is 7.26. The Kier molecular flexibility index (Phi) is 7.56. The molecule has 184 valence electrons. The van der Waals surface area contributed by atoms with Crippen LogP contribution in [0.4, 0.5) is 4.79 Å². The molecule has 2 heterocycles. The van der Waals surface area contributed by atoms with E-state index in [0.29, 0.717) is 62.1 Å². The Morgan fingerprint density at radius 3 is 2.76 bits per heavy atom. The van der Waals surface area contributed by atoms with E-state index in [2.05, 4.69) is 37.1 Å². The Morgan fingerprint density at radius 1 is 1.29 bits per heavy atom. The molecule has 0 bridgehead atoms. The predicted molar refractivity (Wildman–Crippen MR) is 131 cm³/mol. The number of nitrogens with zero attached hydrogens (tertiary/aromatic N) is 2. The van der Waals surface area contributed by atoms with Crippen LogP contribution in [0.3, 0.4) is 0 Å². The molecule has 8 heteroatoms. The number of allylic oxidation sites excluding steroid dienone is 1. The van der Waals surface area contributed by atoms with Crippen molar-refractivity contribution in [2.75, 3.05) is 40.0 Å². The fourth-order valence-corrected chi connectivity index (χ4v) is 5.23. The smallest absolute Gasteiger partial charge is 0.337 e. The van der Waals surface area contributed by atoms with Gasteiger partial charge in [-0.05, 0) is 55.2 Å². The zero-order valence-corrected chi connectivity index (χ0v) is 20.6. The first-order valence-corrected chi connectivity index (χ1v) is 12.2. The van der Waals surface area contributed by atoms with E-state index in [0.717, 1.165) is 29.7 Å². The molecular weight excluding hydrogens is 432 g/mol. The van der Waals surface area contributed by atoms with Crippen molar-refractivity contribution in [1.82, 2.24) is 20.2 Å². The SMILES string of the molecule is COC(=O)c1ccc2nc(C[C@@H]3C[C@@H](C(C)C)[C@H](CNC(=O)N4CCOCC4)C=C3C)[nH]c2c1. The summed E-state index contributed by atoms with van der Waals surface area (Å²) in [6.07, 6.45) is 4.24. The normalized spacial score (nSPS) is 23.1. The maximum atomic E-state index is 12.6. The van der Waals surface area contributed by atoms with Gasteiger partial charge in [0.25, 0.3) is 0 Å². The van der Waals surface area contributed by atoms with E-state index in [1.165, 1.54) is 12.7 Å². The fourth-order valence-electron chi connectivity index (χ4n) is 5.23. The Bertz CT molecular complexity index is 1050. The number of benzene rings is 1. The van der Waals surface area contributed by atoms with Crippen LogP contribution in [0.1, 0.15) is 43.4 Å². The standard InChI is InChI=1S/C26H36N4O4/c1-16(2)21-12-19(14-24-28-22-6-5-18(25(31)33-4)13-23(22)29-24)17(3)11-20(21)15-27-26(32)30-7-9-34-10-8-30/h5-6,11,13,16,19-21H,7-10,12,14-15H2,1-4H3,(H,27,32)(H,28,29)/t19-,20-,21-/m0/s1. The van der Waals surface area contributed by atoms with Crippen molar-refractivity contribution < 1.29 is 19.1 Å². The molecule has 1 aromatic carbocycles. The molecule has 0 saturated carbocycles. The second-order valence-corrected chi connectivity index (χ2v) is 9.81. The second kappa shape index (κ2) is 10.6. The highest BCUT2D eigenvalue weighted by Gasteiger charge is 2.32. The number of amides is 2. The number of nitrogens with one attached hydrogen (secondary N) is 2. The molecule has 34 heavy (non-hydrogen) atoms. The van der Waals surface area contributed by atoms with Crippen molar-refractivity contribution in [3.63, 3.8) is 0 Å². The number of H-pyrrole nitrogens is 1. The molecule has 1 aromatic heterocycles. The molecule has 1 saturated heterocycles. The van der Waals surface area contributed by atoms with Crippen molar-refractivity contribution in [2.45, 2.75) is 33.6 Å². The number of morpholine rings is 1. The molecule has 8 nitrogen and oxygen atoms in total. The number of ether oxygens (including phenoxy) is 2. The van der Waals surface area contributed by atoms with Gasteiger partial charge in [0.05, 0.1) is 36.9 Å². The first-order valence-electron chi connectivity index (χ1n) is 12.2. The number of fused-ring (bicyclic) bond motifs is 1. The number of aromatic nitrogens is 2. The summed E-state index contributed by atoms with van der Waals surface area (Å²) in [5.74, 6) is 2.27. The molecule has 1 aliphatic heterocycles. The van der Waals surface area contributed by atoms with Gasteiger partial charge >= 0.3 is 12.0 Å². The van der Waals surface area contributed by atoms with Gasteiger partial charge in [0.1, 0.15) is 5.82 Å². The molecule has 3 atom stereocenters. The highest BCUT2D eigenvalue weighted by molar-refractivity contribution is 5.93. The van der Waals surface area contributed by atoms with E-state index in [1.54, 1.807) is 12.1 Å². The first-order chi connectivity index (χ1) is 16.4. The summed E-state index contributed by atoms with van der Waals surface area (Å²) in [6.45, 7) is 9.90. The van der Waals surface area contributed by atoms with Crippen molar-refractivity contribution in [3.05, 3.63) is 41.2 Å². The van der Waals surface area contributed by atoms with E-state index < -0.39 is 0 Å². The highest BCUT2D eigenvalue weighted by Crippen LogP contribution is 2.38. The van der Waals surface area contributed by atoms with Gasteiger partial charge in [-0.25, -0.2) is 14.6 Å². The van der Waals surface area contributed by atoms with Crippen LogP contribution in [-0.2, 0) is 15.9 Å². The van der Waals surface area contributed by atoms with Crippen LogP contribution in [0.5, 0.6) is 0 Å². The zero-order valence-electron chi connectivity index (χ0n) is 20.6. The first kappa shape index (κ1) is 24.3. The molecule has 1 fully saturated rings. The van der Waals surface area contributed by atoms with Crippen LogP contribution < -0.4 is 5.32 Å². The van der Waals surface area contributed by atoms with Gasteiger partial charge in [-0.3, -0.25) is 0 Å². The summed E-state index contributed by atoms with van der Waals surface area (Å²) in [6, 6.07) is 5.41. The highest BCUT2D eigenvalue weighted by atomic mass is 16.5. The van der Waals surface area contributed by atoms with E-state index in [-0.39, 0.29) is 12.0 Å². The van der Waals surface area contributed by atoms with Gasteiger partial charge in [-0.1, -0.05) is 25.5 Å². The predicted octanol–water partition coefficient (Wildman–Crippen LogP) is 3.79. The number of imidazole rings is 1. The van der Waals surface area contributed by atoms with Crippen molar-refractivity contribution >= 4 is 23.0 Å². The summed E-state index contributed by atoms with van der Waals surface area (Å²) in [7, 11) is 1.38. The Hall–Kier alpha value is -2.87. The third kappa shape index (κ3) is 5.43. The van der Waals surface area contributed by atoms with Crippen molar-refractivity contribution in [2.24, 2.45) is 23.7 Å². The maximum Gasteiger partial charge on any atom is 0.337 e. The minimum atomic E-state index is -0.351. The lowest BCUT2D eigenvalue weighted by Crippen LogP contribution is -2.48. The third-order valence-electron chi connectivity index (χ3n) is 7.26. The summed E-state index contributed by atoms with van der Waals surface area (Å²) in [4.78, 5) is 34.4. The number of hydrogen-bond donors (Lipinski definition) is 2. The average Bonchev–Trinajstić information content (AvgIpc) is 3.25. The van der Waals surface area contributed by atoms with Crippen molar-refractivity contribution in [3.8, 4) is 0 Å². The van der Waals surface area contributed by atoms with Crippen LogP contribution in [-0.4, -0.2) is 66.8 Å². The molecule has 0 radical (unpaired) electrons. The fraction of sp³-hybridized carbons (Fsp3) is 0.577. The van der Waals surface area contributed by atoms with Gasteiger partial charge in [0, 0.05) is 26.1 Å². The number of carbonyl (C=O) groups excluding carboxylic acids is 2. The van der Waals surface area contributed by atoms with Crippen LogP contribution >= 0.6 is 0 Å². The molecule has 4 rings (SSSR count). The minimum absolute atomic E-state index is 0.00702. The number of hydrogen-bond acceptors (Lipinski definition) is 5. The van der Waals surface area contributed by atoms with Gasteiger partial charge in [0.2, 0.25) is 0 Å². The van der Waals surface area contributed by atoms with Crippen molar-refractivity contribution in [1.29, 1.82) is 0 Å². The van der Waals surface area contributed by atoms with Gasteiger partial charge in [-0.15, -0.1) is 0 Å². The largest absolute Gasteiger partial charge is 0.465 e. The minimum Gasteiger partial charge on any atom is -0.465 e. The number of esters is 1. The number of methoxy groups -OCH3 is 1. The number of carbonyl (C=O) groups is 2. The van der Waals surface area contributed by atoms with E-state index in [1.807, 2.05) is 11.0 Å². The lowest BCUT2D eigenvalue weighted by atomic mass is 9.70. The van der Waals surface area contributed by atoms with Crippen LogP contribution in [0.25, 0.3) is 11.0 Å². The van der Waals surface area contributed by atoms with E-state index >= 15 is 0 Å². The quantitative estimate of drug-likeness (QED) is 0.497. The zero-order chi connectivity index (χ0) is 24.2. The lowest BCUT2D eigenvalue weighted by Gasteiger charge is -2.37. The summed E-state index contributed by atoms with van der Waals surface area (Å²) in [5.41, 5.74) is 3.56. The summed E-state index contributed by atoms with van der Waals surface area (Å²) < 4.78 is 10.2. The Morgan fingerprint density at radius 2 is 2.06 bits per heavy atom. The molecule has 2 aromatic rings. The number of urea groups is 1. The summed E-state index contributed by atoms with van der Waals surface area (Å²) >= 11 is 0. The Balaban J connectivity index is 1.44. The molecule has 0 spiro atoms. The molecule has 2 amide bonds. The van der Waals surface area contributed by atoms with Gasteiger partial charge in [-0.2, -0.15) is 0 Å². The van der Waals surface area contributed by atoms with E-state index in [4.69, 9.17) is 14.5 Å².